The summed E-state index contributed by atoms with van der Waals surface area (Å²) in [6, 6.07) is 0. The first-order chi connectivity index (χ1) is 8.45. The fourth-order valence-corrected chi connectivity index (χ4v) is 5.74. The Labute approximate surface area is 109 Å². The summed E-state index contributed by atoms with van der Waals surface area (Å²) in [5, 5.41) is 0. The summed E-state index contributed by atoms with van der Waals surface area (Å²) in [6.07, 6.45) is 1.68. The molecule has 18 heavy (non-hydrogen) atoms. The number of hydrogen-bond donors (Lipinski definition) is 0. The molecule has 0 saturated carbocycles. The molecule has 0 aromatic heterocycles. The van der Waals surface area contributed by atoms with Crippen LogP contribution < -0.4 is 0 Å². The van der Waals surface area contributed by atoms with Crippen LogP contribution in [0.3, 0.4) is 0 Å². The second kappa shape index (κ2) is 9.24. The second-order valence-electron chi connectivity index (χ2n) is 3.57. The molecule has 1 unspecified atom stereocenters. The average Bonchev–Trinajstić information content (AvgIpc) is 2.29. The molecule has 1 atom stereocenters. The number of rotatable bonds is 11. The third kappa shape index (κ3) is 7.03. The van der Waals surface area contributed by atoms with Crippen LogP contribution in [0.4, 0.5) is 0 Å². The highest BCUT2D eigenvalue weighted by Crippen LogP contribution is 2.63. The summed E-state index contributed by atoms with van der Waals surface area (Å²) in [6.45, 7) is 6.13. The van der Waals surface area contributed by atoms with Gasteiger partial charge in [-0.25, -0.2) is 0 Å². The molecule has 0 bridgehead atoms. The van der Waals surface area contributed by atoms with Crippen LogP contribution >= 0.6 is 15.2 Å². The molecule has 0 N–H and O–H groups in total. The minimum Gasteiger partial charge on any atom is -0.311 e. The summed E-state index contributed by atoms with van der Waals surface area (Å²) < 4.78 is 44.7. The van der Waals surface area contributed by atoms with Crippen molar-refractivity contribution >= 4 is 15.2 Å². The van der Waals surface area contributed by atoms with E-state index in [2.05, 4.69) is 0 Å². The van der Waals surface area contributed by atoms with Crippen molar-refractivity contribution in [2.75, 3.05) is 32.8 Å². The lowest BCUT2D eigenvalue weighted by Gasteiger charge is -2.22. The van der Waals surface area contributed by atoms with Gasteiger partial charge in [-0.05, 0) is 20.3 Å². The zero-order valence-corrected chi connectivity index (χ0v) is 13.4. The first kappa shape index (κ1) is 18.3. The number of hydrogen-bond acceptors (Lipinski definition) is 6. The van der Waals surface area contributed by atoms with Crippen LogP contribution in [0.25, 0.3) is 0 Å². The van der Waals surface area contributed by atoms with Crippen LogP contribution in [-0.4, -0.2) is 32.8 Å². The maximum Gasteiger partial charge on any atom is 0.342 e. The molecule has 6 nitrogen and oxygen atoms in total. The van der Waals surface area contributed by atoms with E-state index in [1.807, 2.05) is 6.92 Å². The lowest BCUT2D eigenvalue weighted by Crippen LogP contribution is -2.05. The maximum atomic E-state index is 12.2. The van der Waals surface area contributed by atoms with E-state index in [4.69, 9.17) is 18.1 Å². The van der Waals surface area contributed by atoms with Gasteiger partial charge in [0, 0.05) is 7.11 Å². The molecule has 0 aliphatic heterocycles. The Hall–Kier alpha value is 0.300. The van der Waals surface area contributed by atoms with Gasteiger partial charge < -0.3 is 18.1 Å². The Balaban J connectivity index is 4.63. The van der Waals surface area contributed by atoms with E-state index >= 15 is 0 Å². The minimum absolute atomic E-state index is 0.218. The largest absolute Gasteiger partial charge is 0.342 e. The molecular weight excluding hydrogens is 278 g/mol. The van der Waals surface area contributed by atoms with Gasteiger partial charge >= 0.3 is 15.2 Å². The van der Waals surface area contributed by atoms with Gasteiger partial charge in [-0.2, -0.15) is 0 Å². The molecular formula is C10H24O6P2. The first-order valence-electron chi connectivity index (χ1n) is 6.12. The third-order valence-electron chi connectivity index (χ3n) is 2.06. The molecule has 0 rings (SSSR count). The van der Waals surface area contributed by atoms with E-state index in [1.54, 1.807) is 13.8 Å². The average molecular weight is 302 g/mol. The van der Waals surface area contributed by atoms with Crippen molar-refractivity contribution < 1.29 is 27.2 Å². The predicted octanol–water partition coefficient (Wildman–Crippen LogP) is 3.87. The van der Waals surface area contributed by atoms with E-state index in [9.17, 15) is 9.13 Å². The molecule has 8 heteroatoms. The molecule has 0 aromatic carbocycles. The van der Waals surface area contributed by atoms with E-state index in [0.717, 1.165) is 12.8 Å². The summed E-state index contributed by atoms with van der Waals surface area (Å²) in [7, 11) is -5.57. The Morgan fingerprint density at radius 3 is 1.83 bits per heavy atom. The van der Waals surface area contributed by atoms with Gasteiger partial charge in [0.25, 0.3) is 0 Å². The first-order valence-corrected chi connectivity index (χ1v) is 9.58. The van der Waals surface area contributed by atoms with E-state index < -0.39 is 15.2 Å². The van der Waals surface area contributed by atoms with Gasteiger partial charge in [0.15, 0.2) is 5.90 Å². The molecule has 0 radical (unpaired) electrons. The van der Waals surface area contributed by atoms with Crippen molar-refractivity contribution in [1.29, 1.82) is 0 Å². The van der Waals surface area contributed by atoms with Gasteiger partial charge in [-0.15, -0.1) is 0 Å². The zero-order valence-electron chi connectivity index (χ0n) is 11.6. The second-order valence-corrected chi connectivity index (χ2v) is 8.28. The predicted molar refractivity (Wildman–Crippen MR) is 71.2 cm³/mol. The van der Waals surface area contributed by atoms with Crippen LogP contribution in [-0.2, 0) is 27.2 Å². The van der Waals surface area contributed by atoms with Crippen LogP contribution in [0.5, 0.6) is 0 Å². The molecule has 0 aliphatic carbocycles. The molecule has 0 amide bonds. The Morgan fingerprint density at radius 2 is 1.44 bits per heavy atom. The highest BCUT2D eigenvalue weighted by atomic mass is 31.2. The highest BCUT2D eigenvalue weighted by Gasteiger charge is 2.37. The molecule has 0 spiro atoms. The molecule has 0 aromatic rings. The summed E-state index contributed by atoms with van der Waals surface area (Å²) >= 11 is 0. The maximum absolute atomic E-state index is 12.2. The zero-order chi connectivity index (χ0) is 14.1. The third-order valence-corrected chi connectivity index (χ3v) is 7.27. The SMILES string of the molecule is CCCCOP(=O)(CP(=O)(OCC)OCC)OC. The number of unbranched alkanes of at least 4 members (excludes halogenated alkanes) is 1. The molecule has 110 valence electrons. The Morgan fingerprint density at radius 1 is 0.889 bits per heavy atom. The van der Waals surface area contributed by atoms with Crippen molar-refractivity contribution in [3.63, 3.8) is 0 Å². The van der Waals surface area contributed by atoms with Crippen molar-refractivity contribution in [3.8, 4) is 0 Å². The van der Waals surface area contributed by atoms with E-state index in [0.29, 0.717) is 6.61 Å². The van der Waals surface area contributed by atoms with Gasteiger partial charge in [0.2, 0.25) is 0 Å². The smallest absolute Gasteiger partial charge is 0.311 e. The van der Waals surface area contributed by atoms with E-state index in [-0.39, 0.29) is 19.1 Å². The summed E-state index contributed by atoms with van der Waals surface area (Å²) in [5.74, 6) is -0.345. The van der Waals surface area contributed by atoms with Crippen molar-refractivity contribution in [2.45, 2.75) is 33.6 Å². The van der Waals surface area contributed by atoms with Gasteiger partial charge in [0.05, 0.1) is 19.8 Å². The standard InChI is InChI=1S/C10H24O6P2/c1-5-8-9-16-17(11,13-4)10-18(12,14-6-2)15-7-3/h5-10H2,1-4H3. The molecule has 0 fully saturated rings. The summed E-state index contributed by atoms with van der Waals surface area (Å²) in [5.41, 5.74) is 0. The lowest BCUT2D eigenvalue weighted by molar-refractivity contribution is 0.211. The molecule has 0 heterocycles. The molecule has 0 saturated heterocycles. The van der Waals surface area contributed by atoms with Gasteiger partial charge in [-0.1, -0.05) is 13.3 Å². The van der Waals surface area contributed by atoms with Crippen molar-refractivity contribution in [2.24, 2.45) is 0 Å². The van der Waals surface area contributed by atoms with Crippen LogP contribution in [0.2, 0.25) is 0 Å². The molecule has 0 aliphatic rings. The fourth-order valence-electron chi connectivity index (χ4n) is 1.22. The highest BCUT2D eigenvalue weighted by molar-refractivity contribution is 7.71. The Kier molecular flexibility index (Phi) is 9.40. The Bertz CT molecular complexity index is 297. The van der Waals surface area contributed by atoms with Crippen molar-refractivity contribution in [1.82, 2.24) is 0 Å². The minimum atomic E-state index is -3.42. The quantitative estimate of drug-likeness (QED) is 0.426. The van der Waals surface area contributed by atoms with E-state index in [1.165, 1.54) is 7.11 Å². The van der Waals surface area contributed by atoms with Crippen LogP contribution in [0.1, 0.15) is 33.6 Å². The van der Waals surface area contributed by atoms with Crippen molar-refractivity contribution in [3.05, 3.63) is 0 Å². The fraction of sp³-hybridized carbons (Fsp3) is 1.00. The van der Waals surface area contributed by atoms with Gasteiger partial charge in [0.1, 0.15) is 0 Å². The lowest BCUT2D eigenvalue weighted by atomic mass is 10.4. The summed E-state index contributed by atoms with van der Waals surface area (Å²) in [4.78, 5) is 0. The normalized spacial score (nSPS) is 15.6. The van der Waals surface area contributed by atoms with Crippen LogP contribution in [0, 0.1) is 0 Å². The topological polar surface area (TPSA) is 71.1 Å². The monoisotopic (exact) mass is 302 g/mol. The van der Waals surface area contributed by atoms with Gasteiger partial charge in [-0.3, -0.25) is 9.13 Å². The van der Waals surface area contributed by atoms with Crippen LogP contribution in [0.15, 0.2) is 0 Å².